The molecular weight excluding hydrogens is 346 g/mol. The summed E-state index contributed by atoms with van der Waals surface area (Å²) in [6.45, 7) is 2.66. The van der Waals surface area contributed by atoms with E-state index in [0.29, 0.717) is 12.7 Å². The molecule has 2 aliphatic rings. The lowest BCUT2D eigenvalue weighted by Crippen LogP contribution is -2.11. The molecule has 138 valence electrons. The predicted octanol–water partition coefficient (Wildman–Crippen LogP) is 6.22. The smallest absolute Gasteiger partial charge is 0.231 e. The first-order chi connectivity index (χ1) is 13.8. The van der Waals surface area contributed by atoms with E-state index in [-0.39, 0.29) is 0 Å². The summed E-state index contributed by atoms with van der Waals surface area (Å²) in [7, 11) is 0. The Hall–Kier alpha value is -3.07. The highest BCUT2D eigenvalue weighted by atomic mass is 16.7. The van der Waals surface area contributed by atoms with Crippen molar-refractivity contribution in [3.63, 3.8) is 0 Å². The average molecular weight is 367 g/mol. The Labute approximate surface area is 163 Å². The Morgan fingerprint density at radius 1 is 0.964 bits per heavy atom. The summed E-state index contributed by atoms with van der Waals surface area (Å²) in [6, 6.07) is 19.2. The van der Waals surface area contributed by atoms with Crippen LogP contribution in [0.1, 0.15) is 36.8 Å². The molecule has 1 aliphatic heterocycles. The van der Waals surface area contributed by atoms with Crippen molar-refractivity contribution in [1.82, 2.24) is 4.98 Å². The van der Waals surface area contributed by atoms with Gasteiger partial charge in [-0.15, -0.1) is 0 Å². The van der Waals surface area contributed by atoms with Crippen molar-refractivity contribution in [2.45, 2.75) is 32.1 Å². The molecule has 3 heteroatoms. The van der Waals surface area contributed by atoms with Gasteiger partial charge in [0.1, 0.15) is 0 Å². The minimum Gasteiger partial charge on any atom is -0.454 e. The number of rotatable bonds is 1. The van der Waals surface area contributed by atoms with Gasteiger partial charge in [0.05, 0.1) is 11.2 Å². The van der Waals surface area contributed by atoms with Gasteiger partial charge in [-0.3, -0.25) is 0 Å². The summed E-state index contributed by atoms with van der Waals surface area (Å²) in [5, 5.41) is 3.94. The van der Waals surface area contributed by atoms with Crippen molar-refractivity contribution in [3.05, 3.63) is 65.7 Å². The molecule has 1 atom stereocenters. The lowest BCUT2D eigenvalue weighted by molar-refractivity contribution is 0.174. The summed E-state index contributed by atoms with van der Waals surface area (Å²) < 4.78 is 11.1. The van der Waals surface area contributed by atoms with E-state index in [1.807, 2.05) is 6.07 Å². The zero-order valence-corrected chi connectivity index (χ0v) is 15.9. The molecule has 1 unspecified atom stereocenters. The molecule has 3 nitrogen and oxygen atoms in total. The first-order valence-corrected chi connectivity index (χ1v) is 10.0. The van der Waals surface area contributed by atoms with Crippen molar-refractivity contribution >= 4 is 21.7 Å². The monoisotopic (exact) mass is 367 g/mol. The maximum absolute atomic E-state index is 5.62. The third kappa shape index (κ3) is 2.26. The quantitative estimate of drug-likeness (QED) is 0.374. The highest BCUT2D eigenvalue weighted by Gasteiger charge is 2.26. The third-order valence-electron chi connectivity index (χ3n) is 6.22. The Kier molecular flexibility index (Phi) is 3.39. The van der Waals surface area contributed by atoms with Gasteiger partial charge >= 0.3 is 0 Å². The van der Waals surface area contributed by atoms with Crippen LogP contribution >= 0.6 is 0 Å². The normalized spacial score (nSPS) is 17.8. The summed E-state index contributed by atoms with van der Waals surface area (Å²) >= 11 is 0. The molecule has 28 heavy (non-hydrogen) atoms. The zero-order valence-electron chi connectivity index (χ0n) is 15.9. The van der Waals surface area contributed by atoms with Crippen LogP contribution in [0.15, 0.2) is 54.6 Å². The topological polar surface area (TPSA) is 31.4 Å². The molecule has 0 bridgehead atoms. The van der Waals surface area contributed by atoms with Crippen LogP contribution in [0.2, 0.25) is 0 Å². The van der Waals surface area contributed by atoms with Gasteiger partial charge in [0.25, 0.3) is 0 Å². The van der Waals surface area contributed by atoms with Gasteiger partial charge in [0.2, 0.25) is 6.79 Å². The Morgan fingerprint density at radius 2 is 1.86 bits per heavy atom. The molecule has 1 aromatic heterocycles. The number of benzene rings is 3. The van der Waals surface area contributed by atoms with Gasteiger partial charge < -0.3 is 9.47 Å². The Balaban J connectivity index is 1.70. The average Bonchev–Trinajstić information content (AvgIpc) is 3.21. The maximum atomic E-state index is 5.62. The van der Waals surface area contributed by atoms with Gasteiger partial charge in [0, 0.05) is 10.9 Å². The van der Waals surface area contributed by atoms with E-state index in [9.17, 15) is 0 Å². The molecule has 1 aliphatic carbocycles. The molecule has 0 spiro atoms. The fourth-order valence-corrected chi connectivity index (χ4v) is 4.91. The molecule has 4 aromatic rings. The second-order valence-corrected chi connectivity index (χ2v) is 7.89. The first-order valence-electron chi connectivity index (χ1n) is 10.0. The highest BCUT2D eigenvalue weighted by Crippen LogP contribution is 2.44. The van der Waals surface area contributed by atoms with E-state index in [4.69, 9.17) is 14.5 Å². The third-order valence-corrected chi connectivity index (χ3v) is 6.22. The lowest BCUT2D eigenvalue weighted by atomic mass is 9.79. The fourth-order valence-electron chi connectivity index (χ4n) is 4.91. The van der Waals surface area contributed by atoms with E-state index < -0.39 is 0 Å². The second-order valence-electron chi connectivity index (χ2n) is 7.89. The number of hydrogen-bond acceptors (Lipinski definition) is 3. The SMILES string of the molecule is CC1CCCc2c(-c3ccc4c(c3)OCO4)nc3ccc4ccccc4c3c21. The molecule has 0 saturated heterocycles. The molecule has 0 radical (unpaired) electrons. The van der Waals surface area contributed by atoms with E-state index >= 15 is 0 Å². The minimum absolute atomic E-state index is 0.297. The number of pyridine rings is 1. The zero-order chi connectivity index (χ0) is 18.7. The van der Waals surface area contributed by atoms with Crippen LogP contribution in [-0.2, 0) is 6.42 Å². The van der Waals surface area contributed by atoms with E-state index in [1.165, 1.54) is 40.1 Å². The number of aromatic nitrogens is 1. The van der Waals surface area contributed by atoms with Gasteiger partial charge in [-0.2, -0.15) is 0 Å². The van der Waals surface area contributed by atoms with E-state index in [2.05, 4.69) is 55.5 Å². The van der Waals surface area contributed by atoms with Gasteiger partial charge in [-0.1, -0.05) is 37.3 Å². The Morgan fingerprint density at radius 3 is 2.82 bits per heavy atom. The van der Waals surface area contributed by atoms with E-state index in [0.717, 1.165) is 34.7 Å². The molecule has 0 amide bonds. The van der Waals surface area contributed by atoms with Gasteiger partial charge in [-0.05, 0) is 71.3 Å². The van der Waals surface area contributed by atoms with Crippen LogP contribution in [0.4, 0.5) is 0 Å². The molecular formula is C25H21NO2. The summed E-state index contributed by atoms with van der Waals surface area (Å²) in [4.78, 5) is 5.17. The largest absolute Gasteiger partial charge is 0.454 e. The molecule has 3 aromatic carbocycles. The summed E-state index contributed by atoms with van der Waals surface area (Å²) in [5.74, 6) is 2.17. The highest BCUT2D eigenvalue weighted by molar-refractivity contribution is 6.09. The number of ether oxygens (including phenoxy) is 2. The van der Waals surface area contributed by atoms with Gasteiger partial charge in [0.15, 0.2) is 11.5 Å². The van der Waals surface area contributed by atoms with Crippen LogP contribution in [0.25, 0.3) is 32.9 Å². The van der Waals surface area contributed by atoms with Crippen LogP contribution in [0.3, 0.4) is 0 Å². The minimum atomic E-state index is 0.297. The maximum Gasteiger partial charge on any atom is 0.231 e. The summed E-state index contributed by atoms with van der Waals surface area (Å²) in [5.41, 5.74) is 6.19. The molecule has 0 fully saturated rings. The van der Waals surface area contributed by atoms with Crippen LogP contribution in [0.5, 0.6) is 11.5 Å². The van der Waals surface area contributed by atoms with Crippen LogP contribution in [0, 0.1) is 0 Å². The number of fused-ring (bicyclic) bond motifs is 6. The molecule has 0 N–H and O–H groups in total. The van der Waals surface area contributed by atoms with E-state index in [1.54, 1.807) is 0 Å². The standard InChI is InChI=1S/C25H21NO2/c1-15-5-4-8-19-23(15)24-18-7-3-2-6-16(18)9-11-20(24)26-25(19)17-10-12-21-22(13-17)28-14-27-21/h2-3,6-7,9-13,15H,4-5,8,14H2,1H3. The fraction of sp³-hybridized carbons (Fsp3) is 0.240. The molecule has 0 saturated carbocycles. The molecule has 6 rings (SSSR count). The second kappa shape index (κ2) is 5.96. The van der Waals surface area contributed by atoms with Crippen molar-refractivity contribution < 1.29 is 9.47 Å². The van der Waals surface area contributed by atoms with Crippen molar-refractivity contribution in [2.24, 2.45) is 0 Å². The number of nitrogens with zero attached hydrogens (tertiary/aromatic N) is 1. The van der Waals surface area contributed by atoms with Gasteiger partial charge in [-0.25, -0.2) is 4.98 Å². The molecule has 2 heterocycles. The van der Waals surface area contributed by atoms with Crippen molar-refractivity contribution in [3.8, 4) is 22.8 Å². The first kappa shape index (κ1) is 15.9. The predicted molar refractivity (Wildman–Crippen MR) is 112 cm³/mol. The number of hydrogen-bond donors (Lipinski definition) is 0. The van der Waals surface area contributed by atoms with Crippen molar-refractivity contribution in [2.75, 3.05) is 6.79 Å². The van der Waals surface area contributed by atoms with Crippen LogP contribution in [-0.4, -0.2) is 11.8 Å². The Bertz CT molecular complexity index is 1240. The lowest BCUT2D eigenvalue weighted by Gasteiger charge is -2.27. The summed E-state index contributed by atoms with van der Waals surface area (Å²) in [6.07, 6.45) is 3.52. The van der Waals surface area contributed by atoms with Crippen LogP contribution < -0.4 is 9.47 Å². The van der Waals surface area contributed by atoms with Crippen molar-refractivity contribution in [1.29, 1.82) is 0 Å².